The van der Waals surface area contributed by atoms with Crippen LogP contribution < -0.4 is 5.32 Å². The molecule has 2 rings (SSSR count). The number of hydrogen-bond donors (Lipinski definition) is 2. The number of nitrogens with zero attached hydrogens (tertiary/aromatic N) is 3. The van der Waals surface area contributed by atoms with Crippen LogP contribution in [-0.2, 0) is 4.74 Å². The van der Waals surface area contributed by atoms with E-state index in [1.165, 1.54) is 4.90 Å². The first-order valence-electron chi connectivity index (χ1n) is 7.25. The fourth-order valence-corrected chi connectivity index (χ4v) is 2.85. The molecule has 0 bridgehead atoms. The normalized spacial score (nSPS) is 22.1. The second kappa shape index (κ2) is 7.17. The maximum atomic E-state index is 12.5. The van der Waals surface area contributed by atoms with Gasteiger partial charge in [0.1, 0.15) is 5.60 Å². The standard InChI is InChI=1S/C14H20Cl2N4O3/c1-14(2,3)23-13(22)20-5-4-17-9(7-21)11(20)8-6-10(15)18-19-12(8)16/h6,9,11,17,21H,4-5,7H2,1-3H3. The number of aromatic nitrogens is 2. The molecule has 0 saturated carbocycles. The van der Waals surface area contributed by atoms with Gasteiger partial charge in [-0.2, -0.15) is 0 Å². The van der Waals surface area contributed by atoms with Crippen LogP contribution in [0, 0.1) is 0 Å². The fraction of sp³-hybridized carbons (Fsp3) is 0.643. The van der Waals surface area contributed by atoms with Crippen molar-refractivity contribution in [2.75, 3.05) is 19.7 Å². The number of aliphatic hydroxyl groups excluding tert-OH is 1. The van der Waals surface area contributed by atoms with Gasteiger partial charge in [-0.05, 0) is 26.8 Å². The lowest BCUT2D eigenvalue weighted by Gasteiger charge is -2.41. The summed E-state index contributed by atoms with van der Waals surface area (Å²) < 4.78 is 5.46. The van der Waals surface area contributed by atoms with E-state index >= 15 is 0 Å². The van der Waals surface area contributed by atoms with Gasteiger partial charge in [-0.15, -0.1) is 10.2 Å². The summed E-state index contributed by atoms with van der Waals surface area (Å²) in [6.07, 6.45) is -0.480. The van der Waals surface area contributed by atoms with Crippen molar-refractivity contribution in [2.24, 2.45) is 0 Å². The van der Waals surface area contributed by atoms with Crippen LogP contribution in [0.5, 0.6) is 0 Å². The third kappa shape index (κ3) is 4.44. The summed E-state index contributed by atoms with van der Waals surface area (Å²) >= 11 is 12.0. The minimum atomic E-state index is -0.626. The molecule has 2 N–H and O–H groups in total. The van der Waals surface area contributed by atoms with Crippen LogP contribution in [0.2, 0.25) is 10.3 Å². The Bertz CT molecular complexity index is 580. The van der Waals surface area contributed by atoms with Gasteiger partial charge < -0.3 is 15.2 Å². The number of nitrogens with one attached hydrogen (secondary N) is 1. The SMILES string of the molecule is CC(C)(C)OC(=O)N1CCNC(CO)C1c1cc(Cl)nnc1Cl. The van der Waals surface area contributed by atoms with Crippen molar-refractivity contribution >= 4 is 29.3 Å². The van der Waals surface area contributed by atoms with E-state index in [0.29, 0.717) is 18.7 Å². The average Bonchev–Trinajstić information content (AvgIpc) is 2.47. The van der Waals surface area contributed by atoms with Crippen molar-refractivity contribution in [3.8, 4) is 0 Å². The molecule has 0 aliphatic carbocycles. The van der Waals surface area contributed by atoms with Crippen molar-refractivity contribution < 1.29 is 14.6 Å². The number of amides is 1. The number of ether oxygens (including phenoxy) is 1. The van der Waals surface area contributed by atoms with Gasteiger partial charge in [-0.25, -0.2) is 4.79 Å². The molecule has 0 spiro atoms. The molecule has 1 aliphatic rings. The maximum absolute atomic E-state index is 12.5. The highest BCUT2D eigenvalue weighted by Crippen LogP contribution is 2.33. The number of hydrogen-bond acceptors (Lipinski definition) is 6. The summed E-state index contributed by atoms with van der Waals surface area (Å²) in [5, 5.41) is 20.6. The van der Waals surface area contributed by atoms with Crippen LogP contribution in [-0.4, -0.2) is 57.6 Å². The van der Waals surface area contributed by atoms with Crippen molar-refractivity contribution in [1.82, 2.24) is 20.4 Å². The molecule has 23 heavy (non-hydrogen) atoms. The van der Waals surface area contributed by atoms with E-state index in [1.54, 1.807) is 26.8 Å². The Labute approximate surface area is 144 Å². The second-order valence-electron chi connectivity index (χ2n) is 6.27. The molecule has 1 saturated heterocycles. The van der Waals surface area contributed by atoms with Crippen molar-refractivity contribution in [3.05, 3.63) is 21.9 Å². The molecule has 0 radical (unpaired) electrons. The summed E-state index contributed by atoms with van der Waals surface area (Å²) in [5.74, 6) is 0. The van der Waals surface area contributed by atoms with Crippen LogP contribution >= 0.6 is 23.2 Å². The van der Waals surface area contributed by atoms with E-state index in [4.69, 9.17) is 27.9 Å². The largest absolute Gasteiger partial charge is 0.444 e. The Morgan fingerprint density at radius 3 is 2.78 bits per heavy atom. The number of rotatable bonds is 2. The lowest BCUT2D eigenvalue weighted by Crippen LogP contribution is -2.56. The van der Waals surface area contributed by atoms with Crippen LogP contribution in [0.4, 0.5) is 4.79 Å². The Morgan fingerprint density at radius 1 is 1.48 bits per heavy atom. The van der Waals surface area contributed by atoms with Gasteiger partial charge in [0.05, 0.1) is 18.7 Å². The van der Waals surface area contributed by atoms with E-state index in [9.17, 15) is 9.90 Å². The number of halogens is 2. The minimum Gasteiger partial charge on any atom is -0.444 e. The lowest BCUT2D eigenvalue weighted by atomic mass is 9.98. The number of aliphatic hydroxyl groups is 1. The van der Waals surface area contributed by atoms with E-state index in [0.717, 1.165) is 0 Å². The maximum Gasteiger partial charge on any atom is 0.410 e. The quantitative estimate of drug-likeness (QED) is 0.836. The first-order chi connectivity index (χ1) is 10.7. The fourth-order valence-electron chi connectivity index (χ4n) is 2.49. The molecular weight excluding hydrogens is 343 g/mol. The Morgan fingerprint density at radius 2 is 2.17 bits per heavy atom. The molecular formula is C14H20Cl2N4O3. The predicted octanol–water partition coefficient (Wildman–Crippen LogP) is 2.03. The highest BCUT2D eigenvalue weighted by molar-refractivity contribution is 6.31. The molecule has 1 aromatic heterocycles. The zero-order chi connectivity index (χ0) is 17.2. The van der Waals surface area contributed by atoms with Crippen LogP contribution in [0.25, 0.3) is 0 Å². The third-order valence-corrected chi connectivity index (χ3v) is 3.84. The zero-order valence-electron chi connectivity index (χ0n) is 13.2. The van der Waals surface area contributed by atoms with Gasteiger partial charge in [0, 0.05) is 18.7 Å². The lowest BCUT2D eigenvalue weighted by molar-refractivity contribution is 0.000873. The molecule has 2 atom stereocenters. The highest BCUT2D eigenvalue weighted by Gasteiger charge is 2.38. The van der Waals surface area contributed by atoms with Gasteiger partial charge in [-0.1, -0.05) is 23.2 Å². The van der Waals surface area contributed by atoms with E-state index in [2.05, 4.69) is 15.5 Å². The molecule has 1 fully saturated rings. The van der Waals surface area contributed by atoms with Crippen molar-refractivity contribution in [1.29, 1.82) is 0 Å². The second-order valence-corrected chi connectivity index (χ2v) is 7.02. The van der Waals surface area contributed by atoms with Gasteiger partial charge in [0.15, 0.2) is 10.3 Å². The Balaban J connectivity index is 2.39. The summed E-state index contributed by atoms with van der Waals surface area (Å²) in [7, 11) is 0. The van der Waals surface area contributed by atoms with Gasteiger partial charge in [0.25, 0.3) is 0 Å². The van der Waals surface area contributed by atoms with E-state index < -0.39 is 23.8 Å². The first-order valence-corrected chi connectivity index (χ1v) is 8.01. The van der Waals surface area contributed by atoms with Gasteiger partial charge in [-0.3, -0.25) is 4.90 Å². The predicted molar refractivity (Wildman–Crippen MR) is 86.6 cm³/mol. The summed E-state index contributed by atoms with van der Waals surface area (Å²) in [4.78, 5) is 14.1. The van der Waals surface area contributed by atoms with E-state index in [-0.39, 0.29) is 16.9 Å². The van der Waals surface area contributed by atoms with Crippen LogP contribution in [0.1, 0.15) is 32.4 Å². The zero-order valence-corrected chi connectivity index (χ0v) is 14.7. The summed E-state index contributed by atoms with van der Waals surface area (Å²) in [6.45, 7) is 6.15. The molecule has 1 amide bonds. The van der Waals surface area contributed by atoms with Gasteiger partial charge >= 0.3 is 6.09 Å². The molecule has 2 heterocycles. The molecule has 128 valence electrons. The molecule has 1 aliphatic heterocycles. The highest BCUT2D eigenvalue weighted by atomic mass is 35.5. The molecule has 2 unspecified atom stereocenters. The van der Waals surface area contributed by atoms with Gasteiger partial charge in [0.2, 0.25) is 0 Å². The van der Waals surface area contributed by atoms with Crippen molar-refractivity contribution in [3.63, 3.8) is 0 Å². The number of piperazine rings is 1. The number of carbonyl (C=O) groups is 1. The van der Waals surface area contributed by atoms with E-state index in [1.807, 2.05) is 0 Å². The molecule has 9 heteroatoms. The molecule has 0 aromatic carbocycles. The third-order valence-electron chi connectivity index (χ3n) is 3.37. The molecule has 7 nitrogen and oxygen atoms in total. The number of carbonyl (C=O) groups excluding carboxylic acids is 1. The van der Waals surface area contributed by atoms with Crippen LogP contribution in [0.3, 0.4) is 0 Å². The average molecular weight is 363 g/mol. The molecule has 1 aromatic rings. The smallest absolute Gasteiger partial charge is 0.410 e. The summed E-state index contributed by atoms with van der Waals surface area (Å²) in [6, 6.07) is 0.590. The topological polar surface area (TPSA) is 87.6 Å². The minimum absolute atomic E-state index is 0.134. The Kier molecular flexibility index (Phi) is 5.67. The first kappa shape index (κ1) is 18.2. The summed E-state index contributed by atoms with van der Waals surface area (Å²) in [5.41, 5.74) is -0.108. The monoisotopic (exact) mass is 362 g/mol. The van der Waals surface area contributed by atoms with Crippen molar-refractivity contribution in [2.45, 2.75) is 38.5 Å². The Hall–Kier alpha value is -1.15. The van der Waals surface area contributed by atoms with Crippen LogP contribution in [0.15, 0.2) is 6.07 Å².